The molecule has 0 spiro atoms. The van der Waals surface area contributed by atoms with Gasteiger partial charge in [0.25, 0.3) is 0 Å². The van der Waals surface area contributed by atoms with Gasteiger partial charge in [-0.25, -0.2) is 9.97 Å². The zero-order chi connectivity index (χ0) is 12.3. The maximum absolute atomic E-state index is 6.09. The molecule has 2 rings (SSSR count). The number of aromatic nitrogens is 2. The maximum Gasteiger partial charge on any atom is 0.137 e. The fourth-order valence-corrected chi connectivity index (χ4v) is 2.28. The highest BCUT2D eigenvalue weighted by Gasteiger charge is 2.29. The first-order valence-electron chi connectivity index (χ1n) is 6.03. The number of ether oxygens (including phenoxy) is 1. The zero-order valence-corrected chi connectivity index (χ0v) is 11.0. The van der Waals surface area contributed by atoms with Crippen LogP contribution in [0.2, 0.25) is 5.15 Å². The predicted molar refractivity (Wildman–Crippen MR) is 68.5 cm³/mol. The van der Waals surface area contributed by atoms with Crippen molar-refractivity contribution in [3.05, 3.63) is 17.0 Å². The van der Waals surface area contributed by atoms with Crippen LogP contribution in [0.4, 0.5) is 5.82 Å². The molecule has 0 unspecified atom stereocenters. The largest absolute Gasteiger partial charge is 0.381 e. The van der Waals surface area contributed by atoms with E-state index in [4.69, 9.17) is 16.3 Å². The molecule has 1 heterocycles. The zero-order valence-electron chi connectivity index (χ0n) is 10.2. The van der Waals surface area contributed by atoms with E-state index in [0.29, 0.717) is 17.3 Å². The summed E-state index contributed by atoms with van der Waals surface area (Å²) in [6.07, 6.45) is 5.90. The molecule has 0 saturated heterocycles. The van der Waals surface area contributed by atoms with Crippen molar-refractivity contribution in [3.8, 4) is 0 Å². The first kappa shape index (κ1) is 12.6. The smallest absolute Gasteiger partial charge is 0.137 e. The fraction of sp³-hybridized carbons (Fsp3) is 0.667. The molecule has 1 aliphatic carbocycles. The molecule has 5 heteroatoms. The molecule has 1 saturated carbocycles. The Kier molecular flexibility index (Phi) is 4.18. The number of nitrogens with one attached hydrogen (secondary N) is 1. The number of halogens is 1. The van der Waals surface area contributed by atoms with E-state index in [9.17, 15) is 0 Å². The monoisotopic (exact) mass is 255 g/mol. The number of rotatable bonds is 5. The number of methoxy groups -OCH3 is 1. The molecule has 1 aromatic heterocycles. The Morgan fingerprint density at radius 3 is 2.88 bits per heavy atom. The van der Waals surface area contributed by atoms with E-state index < -0.39 is 0 Å². The van der Waals surface area contributed by atoms with Gasteiger partial charge in [-0.3, -0.25) is 0 Å². The van der Waals surface area contributed by atoms with E-state index in [2.05, 4.69) is 22.2 Å². The highest BCUT2D eigenvalue weighted by Crippen LogP contribution is 2.28. The van der Waals surface area contributed by atoms with Gasteiger partial charge in [-0.15, -0.1) is 0 Å². The van der Waals surface area contributed by atoms with Crippen LogP contribution in [0.1, 0.15) is 31.7 Å². The predicted octanol–water partition coefficient (Wildman–Crippen LogP) is 2.67. The fourth-order valence-electron chi connectivity index (χ4n) is 2.06. The summed E-state index contributed by atoms with van der Waals surface area (Å²) in [6, 6.07) is 0.446. The Bertz CT molecular complexity index is 380. The summed E-state index contributed by atoms with van der Waals surface area (Å²) >= 11 is 6.09. The molecule has 0 atom stereocenters. The van der Waals surface area contributed by atoms with Crippen molar-refractivity contribution in [1.29, 1.82) is 0 Å². The molecule has 1 fully saturated rings. The first-order chi connectivity index (χ1) is 8.24. The van der Waals surface area contributed by atoms with Gasteiger partial charge in [-0.2, -0.15) is 0 Å². The van der Waals surface area contributed by atoms with Gasteiger partial charge in [0.05, 0.1) is 6.10 Å². The van der Waals surface area contributed by atoms with Crippen LogP contribution in [-0.4, -0.2) is 29.2 Å². The van der Waals surface area contributed by atoms with Gasteiger partial charge < -0.3 is 10.1 Å². The van der Waals surface area contributed by atoms with Crippen LogP contribution in [0.15, 0.2) is 6.33 Å². The molecule has 0 amide bonds. The van der Waals surface area contributed by atoms with Crippen molar-refractivity contribution in [2.45, 2.75) is 44.8 Å². The summed E-state index contributed by atoms with van der Waals surface area (Å²) in [4.78, 5) is 8.31. The topological polar surface area (TPSA) is 47.0 Å². The lowest BCUT2D eigenvalue weighted by atomic mass is 9.89. The molecule has 1 aliphatic rings. The summed E-state index contributed by atoms with van der Waals surface area (Å²) in [5.41, 5.74) is 1.03. The van der Waals surface area contributed by atoms with E-state index in [-0.39, 0.29) is 0 Å². The van der Waals surface area contributed by atoms with Crippen molar-refractivity contribution in [3.63, 3.8) is 0 Å². The van der Waals surface area contributed by atoms with Gasteiger partial charge in [-0.05, 0) is 19.3 Å². The summed E-state index contributed by atoms with van der Waals surface area (Å²) in [5.74, 6) is 0.881. The van der Waals surface area contributed by atoms with Gasteiger partial charge in [0.2, 0.25) is 0 Å². The average Bonchev–Trinajstić information content (AvgIpc) is 2.27. The van der Waals surface area contributed by atoms with Gasteiger partial charge in [0, 0.05) is 18.7 Å². The molecular formula is C12H18ClN3O. The summed E-state index contributed by atoms with van der Waals surface area (Å²) in [7, 11) is 1.75. The number of anilines is 1. The van der Waals surface area contributed by atoms with E-state index in [1.165, 1.54) is 6.33 Å². The molecule has 0 bridgehead atoms. The molecule has 94 valence electrons. The van der Waals surface area contributed by atoms with Crippen molar-refractivity contribution in [2.24, 2.45) is 0 Å². The molecule has 1 N–H and O–H groups in total. The van der Waals surface area contributed by atoms with Crippen molar-refractivity contribution in [2.75, 3.05) is 12.4 Å². The normalized spacial score (nSPS) is 23.2. The third kappa shape index (κ3) is 2.87. The average molecular weight is 256 g/mol. The SMILES string of the molecule is CCCc1c(Cl)ncnc1NC1CC(OC)C1. The minimum atomic E-state index is 0.388. The van der Waals surface area contributed by atoms with Gasteiger partial charge in [0.15, 0.2) is 0 Å². The summed E-state index contributed by atoms with van der Waals surface area (Å²) in [5, 5.41) is 3.98. The number of hydrogen-bond donors (Lipinski definition) is 1. The molecule has 0 aliphatic heterocycles. The van der Waals surface area contributed by atoms with Crippen molar-refractivity contribution >= 4 is 17.4 Å². The standard InChI is InChI=1S/C12H18ClN3O/c1-3-4-10-11(13)14-7-15-12(10)16-8-5-9(6-8)17-2/h7-9H,3-6H2,1-2H3,(H,14,15,16). The minimum Gasteiger partial charge on any atom is -0.381 e. The quantitative estimate of drug-likeness (QED) is 0.822. The number of nitrogens with zero attached hydrogens (tertiary/aromatic N) is 2. The molecule has 17 heavy (non-hydrogen) atoms. The highest BCUT2D eigenvalue weighted by atomic mass is 35.5. The molecular weight excluding hydrogens is 238 g/mol. The van der Waals surface area contributed by atoms with Crippen LogP contribution in [0.3, 0.4) is 0 Å². The second-order valence-corrected chi connectivity index (χ2v) is 4.77. The molecule has 0 radical (unpaired) electrons. The highest BCUT2D eigenvalue weighted by molar-refractivity contribution is 6.30. The van der Waals surface area contributed by atoms with Crippen LogP contribution < -0.4 is 5.32 Å². The van der Waals surface area contributed by atoms with Crippen LogP contribution in [0.25, 0.3) is 0 Å². The lowest BCUT2D eigenvalue weighted by molar-refractivity contribution is 0.0327. The van der Waals surface area contributed by atoms with Crippen LogP contribution in [-0.2, 0) is 11.2 Å². The summed E-state index contributed by atoms with van der Waals surface area (Å²) < 4.78 is 5.26. The van der Waals surface area contributed by atoms with E-state index >= 15 is 0 Å². The minimum absolute atomic E-state index is 0.388. The molecule has 4 nitrogen and oxygen atoms in total. The third-order valence-electron chi connectivity index (χ3n) is 3.16. The Morgan fingerprint density at radius 1 is 1.47 bits per heavy atom. The van der Waals surface area contributed by atoms with E-state index in [1.54, 1.807) is 7.11 Å². The Hall–Kier alpha value is -0.870. The summed E-state index contributed by atoms with van der Waals surface area (Å²) in [6.45, 7) is 2.12. The lowest BCUT2D eigenvalue weighted by Gasteiger charge is -2.35. The second kappa shape index (κ2) is 5.65. The van der Waals surface area contributed by atoms with Gasteiger partial charge in [-0.1, -0.05) is 24.9 Å². The number of hydrogen-bond acceptors (Lipinski definition) is 4. The van der Waals surface area contributed by atoms with Gasteiger partial charge in [0.1, 0.15) is 17.3 Å². The maximum atomic E-state index is 6.09. The second-order valence-electron chi connectivity index (χ2n) is 4.41. The Morgan fingerprint density at radius 2 is 2.24 bits per heavy atom. The van der Waals surface area contributed by atoms with Crippen LogP contribution >= 0.6 is 11.6 Å². The van der Waals surface area contributed by atoms with E-state index in [0.717, 1.165) is 37.1 Å². The Balaban J connectivity index is 2.03. The van der Waals surface area contributed by atoms with Crippen molar-refractivity contribution < 1.29 is 4.74 Å². The van der Waals surface area contributed by atoms with E-state index in [1.807, 2.05) is 0 Å². The molecule has 0 aromatic carbocycles. The lowest BCUT2D eigenvalue weighted by Crippen LogP contribution is -2.40. The molecule has 1 aromatic rings. The van der Waals surface area contributed by atoms with Crippen LogP contribution in [0.5, 0.6) is 0 Å². The van der Waals surface area contributed by atoms with Crippen molar-refractivity contribution in [1.82, 2.24) is 9.97 Å². The van der Waals surface area contributed by atoms with Crippen LogP contribution in [0, 0.1) is 0 Å². The first-order valence-corrected chi connectivity index (χ1v) is 6.41. The Labute approximate surface area is 107 Å². The third-order valence-corrected chi connectivity index (χ3v) is 3.49. The van der Waals surface area contributed by atoms with Gasteiger partial charge >= 0.3 is 0 Å².